The number of aryl methyl sites for hydroxylation is 1. The van der Waals surface area contributed by atoms with Crippen LogP contribution in [0.4, 0.5) is 5.69 Å². The molecule has 5 nitrogen and oxygen atoms in total. The average Bonchev–Trinajstić information content (AvgIpc) is 2.71. The number of carbonyl (C=O) groups is 2. The first-order chi connectivity index (χ1) is 13.7. The molecule has 148 valence electrons. The van der Waals surface area contributed by atoms with Crippen molar-refractivity contribution in [2.45, 2.75) is 39.0 Å². The van der Waals surface area contributed by atoms with Gasteiger partial charge in [-0.2, -0.15) is 0 Å². The van der Waals surface area contributed by atoms with E-state index in [1.807, 2.05) is 43.3 Å². The number of anilines is 1. The van der Waals surface area contributed by atoms with Crippen LogP contribution in [-0.4, -0.2) is 25.0 Å². The maximum absolute atomic E-state index is 12.5. The summed E-state index contributed by atoms with van der Waals surface area (Å²) in [5.74, 6) is 0.624. The summed E-state index contributed by atoms with van der Waals surface area (Å²) >= 11 is 0. The van der Waals surface area contributed by atoms with Gasteiger partial charge in [0.25, 0.3) is 0 Å². The number of hydrogen-bond donors (Lipinski definition) is 2. The molecule has 5 heteroatoms. The van der Waals surface area contributed by atoms with Crippen molar-refractivity contribution in [3.63, 3.8) is 0 Å². The molecule has 0 radical (unpaired) electrons. The fraction of sp³-hybridized carbons (Fsp3) is 0.391. The highest BCUT2D eigenvalue weighted by Gasteiger charge is 2.26. The van der Waals surface area contributed by atoms with Crippen molar-refractivity contribution in [2.24, 2.45) is 5.92 Å². The Morgan fingerprint density at radius 2 is 1.96 bits per heavy atom. The molecule has 0 saturated carbocycles. The zero-order valence-corrected chi connectivity index (χ0v) is 16.4. The van der Waals surface area contributed by atoms with Gasteiger partial charge in [-0.1, -0.05) is 37.3 Å². The molecule has 1 aliphatic heterocycles. The van der Waals surface area contributed by atoms with Gasteiger partial charge < -0.3 is 15.4 Å². The highest BCUT2D eigenvalue weighted by molar-refractivity contribution is 5.91. The Hall–Kier alpha value is -2.82. The molecular weight excluding hydrogens is 352 g/mol. The van der Waals surface area contributed by atoms with Gasteiger partial charge in [0.1, 0.15) is 12.4 Å². The van der Waals surface area contributed by atoms with Crippen molar-refractivity contribution in [3.8, 4) is 5.75 Å². The summed E-state index contributed by atoms with van der Waals surface area (Å²) in [6.45, 7) is 3.02. The van der Waals surface area contributed by atoms with E-state index < -0.39 is 0 Å². The summed E-state index contributed by atoms with van der Waals surface area (Å²) < 4.78 is 5.77. The van der Waals surface area contributed by atoms with E-state index in [1.54, 1.807) is 0 Å². The van der Waals surface area contributed by atoms with Crippen LogP contribution in [0, 0.1) is 5.92 Å². The molecule has 1 aliphatic rings. The second-order valence-electron chi connectivity index (χ2n) is 7.21. The molecule has 3 rings (SSSR count). The summed E-state index contributed by atoms with van der Waals surface area (Å²) in [5.41, 5.74) is 3.00. The molecule has 0 spiro atoms. The normalized spacial score (nSPS) is 15.2. The second kappa shape index (κ2) is 9.93. The molecule has 0 bridgehead atoms. The number of carbonyl (C=O) groups excluding carboxylic acids is 2. The van der Waals surface area contributed by atoms with Crippen molar-refractivity contribution >= 4 is 17.5 Å². The first-order valence-corrected chi connectivity index (χ1v) is 10.0. The maximum Gasteiger partial charge on any atom is 0.226 e. The van der Waals surface area contributed by atoms with Crippen LogP contribution < -0.4 is 15.4 Å². The third-order valence-electron chi connectivity index (χ3n) is 4.88. The quantitative estimate of drug-likeness (QED) is 0.686. The van der Waals surface area contributed by atoms with Gasteiger partial charge in [0.15, 0.2) is 0 Å². The monoisotopic (exact) mass is 380 g/mol. The average molecular weight is 380 g/mol. The lowest BCUT2D eigenvalue weighted by molar-refractivity contribution is -0.126. The fourth-order valence-corrected chi connectivity index (χ4v) is 3.38. The van der Waals surface area contributed by atoms with Gasteiger partial charge in [-0.15, -0.1) is 0 Å². The van der Waals surface area contributed by atoms with Crippen molar-refractivity contribution in [2.75, 3.05) is 18.5 Å². The van der Waals surface area contributed by atoms with E-state index in [-0.39, 0.29) is 17.7 Å². The predicted molar refractivity (Wildman–Crippen MR) is 110 cm³/mol. The minimum atomic E-state index is -0.203. The summed E-state index contributed by atoms with van der Waals surface area (Å²) in [5, 5.41) is 5.93. The van der Waals surface area contributed by atoms with Gasteiger partial charge in [-0.05, 0) is 55.0 Å². The molecule has 1 heterocycles. The van der Waals surface area contributed by atoms with E-state index in [0.717, 1.165) is 36.3 Å². The van der Waals surface area contributed by atoms with Crippen molar-refractivity contribution in [1.82, 2.24) is 5.32 Å². The van der Waals surface area contributed by atoms with E-state index in [4.69, 9.17) is 4.74 Å². The molecule has 0 aliphatic carbocycles. The first kappa shape index (κ1) is 19.9. The molecule has 2 aromatic rings. The first-order valence-electron chi connectivity index (χ1n) is 10.0. The highest BCUT2D eigenvalue weighted by atomic mass is 16.5. The van der Waals surface area contributed by atoms with E-state index in [0.29, 0.717) is 26.0 Å². The number of amides is 2. The largest absolute Gasteiger partial charge is 0.492 e. The Morgan fingerprint density at radius 3 is 2.75 bits per heavy atom. The molecular formula is C23H28N2O3. The van der Waals surface area contributed by atoms with Gasteiger partial charge in [-0.25, -0.2) is 0 Å². The zero-order chi connectivity index (χ0) is 19.8. The smallest absolute Gasteiger partial charge is 0.226 e. The Bertz CT molecular complexity index is 805. The number of ether oxygens (including phenoxy) is 1. The lowest BCUT2D eigenvalue weighted by Gasteiger charge is -2.25. The number of fused-ring (bicyclic) bond motifs is 1. The molecule has 2 amide bonds. The number of nitrogens with one attached hydrogen (secondary N) is 2. The zero-order valence-electron chi connectivity index (χ0n) is 16.4. The topological polar surface area (TPSA) is 67.4 Å². The van der Waals surface area contributed by atoms with Crippen LogP contribution in [0.5, 0.6) is 5.75 Å². The number of benzene rings is 2. The van der Waals surface area contributed by atoms with E-state index in [2.05, 4.69) is 22.8 Å². The second-order valence-corrected chi connectivity index (χ2v) is 7.21. The fourth-order valence-electron chi connectivity index (χ4n) is 3.38. The maximum atomic E-state index is 12.5. The molecule has 2 aromatic carbocycles. The van der Waals surface area contributed by atoms with Crippen molar-refractivity contribution in [3.05, 3.63) is 59.7 Å². The third-order valence-corrected chi connectivity index (χ3v) is 4.88. The summed E-state index contributed by atoms with van der Waals surface area (Å²) in [7, 11) is 0. The Kier molecular flexibility index (Phi) is 7.06. The van der Waals surface area contributed by atoms with Crippen LogP contribution in [0.1, 0.15) is 37.3 Å². The van der Waals surface area contributed by atoms with Gasteiger partial charge in [-0.3, -0.25) is 9.59 Å². The van der Waals surface area contributed by atoms with Gasteiger partial charge in [0, 0.05) is 18.7 Å². The minimum absolute atomic E-state index is 0.00638. The van der Waals surface area contributed by atoms with Gasteiger partial charge >= 0.3 is 0 Å². The van der Waals surface area contributed by atoms with Crippen molar-refractivity contribution < 1.29 is 14.3 Å². The third kappa shape index (κ3) is 5.59. The SMILES string of the molecule is CCCC(=O)Nc1ccc2c(c1)CC(C(=O)NCCCc1ccccc1)CO2. The van der Waals surface area contributed by atoms with Crippen LogP contribution in [0.15, 0.2) is 48.5 Å². The molecule has 1 atom stereocenters. The lowest BCUT2D eigenvalue weighted by Crippen LogP contribution is -2.37. The van der Waals surface area contributed by atoms with Crippen molar-refractivity contribution in [1.29, 1.82) is 0 Å². The van der Waals surface area contributed by atoms with E-state index >= 15 is 0 Å². The summed E-state index contributed by atoms with van der Waals surface area (Å²) in [6, 6.07) is 15.9. The minimum Gasteiger partial charge on any atom is -0.492 e. The summed E-state index contributed by atoms with van der Waals surface area (Å²) in [4.78, 5) is 24.3. The van der Waals surface area contributed by atoms with Gasteiger partial charge in [0.2, 0.25) is 11.8 Å². The Labute approximate surface area is 166 Å². The summed E-state index contributed by atoms with van der Waals surface area (Å²) in [6.07, 6.45) is 3.80. The van der Waals surface area contributed by atoms with Crippen LogP contribution in [-0.2, 0) is 22.4 Å². The standard InChI is InChI=1S/C23H28N2O3/c1-2-7-22(26)25-20-11-12-21-18(15-20)14-19(16-28-21)23(27)24-13-6-10-17-8-4-3-5-9-17/h3-5,8-9,11-12,15,19H,2,6-7,10,13-14,16H2,1H3,(H,24,27)(H,25,26). The number of rotatable bonds is 8. The van der Waals surface area contributed by atoms with Crippen LogP contribution in [0.2, 0.25) is 0 Å². The highest BCUT2D eigenvalue weighted by Crippen LogP contribution is 2.30. The number of hydrogen-bond acceptors (Lipinski definition) is 3. The molecule has 2 N–H and O–H groups in total. The van der Waals surface area contributed by atoms with Crippen LogP contribution >= 0.6 is 0 Å². The van der Waals surface area contributed by atoms with Crippen LogP contribution in [0.25, 0.3) is 0 Å². The lowest BCUT2D eigenvalue weighted by atomic mass is 9.95. The van der Waals surface area contributed by atoms with Crippen LogP contribution in [0.3, 0.4) is 0 Å². The molecule has 0 saturated heterocycles. The molecule has 28 heavy (non-hydrogen) atoms. The van der Waals surface area contributed by atoms with Gasteiger partial charge in [0.05, 0.1) is 5.92 Å². The molecule has 0 aromatic heterocycles. The molecule has 1 unspecified atom stereocenters. The van der Waals surface area contributed by atoms with E-state index in [9.17, 15) is 9.59 Å². The molecule has 0 fully saturated rings. The Morgan fingerprint density at radius 1 is 1.14 bits per heavy atom. The van der Waals surface area contributed by atoms with E-state index in [1.165, 1.54) is 5.56 Å². The Balaban J connectivity index is 1.49. The predicted octanol–water partition coefficient (Wildman–Crippen LogP) is 3.73.